The quantitative estimate of drug-likeness (QED) is 0.372. The predicted octanol–water partition coefficient (Wildman–Crippen LogP) is 5.59. The van der Waals surface area contributed by atoms with Crippen LogP contribution in [0, 0.1) is 0 Å². The van der Waals surface area contributed by atoms with Gasteiger partial charge >= 0.3 is 6.03 Å². The second-order valence-corrected chi connectivity index (χ2v) is 7.43. The van der Waals surface area contributed by atoms with Crippen molar-refractivity contribution < 1.29 is 9.59 Å². The van der Waals surface area contributed by atoms with E-state index in [0.29, 0.717) is 17.1 Å². The summed E-state index contributed by atoms with van der Waals surface area (Å²) < 4.78 is 1.07. The van der Waals surface area contributed by atoms with E-state index in [-0.39, 0.29) is 11.9 Å². The number of nitrogens with zero attached hydrogens (tertiary/aromatic N) is 1. The Morgan fingerprint density at radius 3 is 2.23 bits per heavy atom. The highest BCUT2D eigenvalue weighted by molar-refractivity contribution is 7.19. The maximum absolute atomic E-state index is 12.3. The van der Waals surface area contributed by atoms with Crippen LogP contribution in [0.2, 0.25) is 0 Å². The third-order valence-corrected chi connectivity index (χ3v) is 5.11. The molecule has 3 N–H and O–H groups in total. The standard InChI is InChI=1S/C23H18N4O2S/c28-21(13-14-22-27-19-11-4-5-12-20(19)30-22)24-17-9-6-10-18(15-17)26-23(29)25-16-7-2-1-3-8-16/h1-15H,(H,24,28)(H2,25,26,29)/b14-13+. The lowest BCUT2D eigenvalue weighted by atomic mass is 10.2. The topological polar surface area (TPSA) is 83.1 Å². The number of para-hydroxylation sites is 2. The molecule has 0 radical (unpaired) electrons. The summed E-state index contributed by atoms with van der Waals surface area (Å²) in [5, 5.41) is 9.05. The van der Waals surface area contributed by atoms with Crippen LogP contribution in [0.25, 0.3) is 16.3 Å². The first kappa shape index (κ1) is 19.4. The number of anilines is 3. The molecule has 1 aromatic heterocycles. The summed E-state index contributed by atoms with van der Waals surface area (Å²) in [4.78, 5) is 28.8. The van der Waals surface area contributed by atoms with Crippen molar-refractivity contribution in [1.29, 1.82) is 0 Å². The molecule has 148 valence electrons. The van der Waals surface area contributed by atoms with Crippen molar-refractivity contribution in [3.63, 3.8) is 0 Å². The molecule has 0 atom stereocenters. The van der Waals surface area contributed by atoms with Gasteiger partial charge in [0.2, 0.25) is 5.91 Å². The van der Waals surface area contributed by atoms with E-state index >= 15 is 0 Å². The Morgan fingerprint density at radius 1 is 0.767 bits per heavy atom. The number of carbonyl (C=O) groups is 2. The molecule has 0 bridgehead atoms. The maximum Gasteiger partial charge on any atom is 0.323 e. The number of amides is 3. The van der Waals surface area contributed by atoms with Crippen LogP contribution in [0.5, 0.6) is 0 Å². The first-order chi connectivity index (χ1) is 14.7. The van der Waals surface area contributed by atoms with Gasteiger partial charge in [0.1, 0.15) is 5.01 Å². The maximum atomic E-state index is 12.3. The highest BCUT2D eigenvalue weighted by atomic mass is 32.1. The van der Waals surface area contributed by atoms with Gasteiger partial charge in [0, 0.05) is 23.1 Å². The Hall–Kier alpha value is -3.97. The average molecular weight is 414 g/mol. The highest BCUT2D eigenvalue weighted by Gasteiger charge is 2.05. The molecule has 6 nitrogen and oxygen atoms in total. The normalized spacial score (nSPS) is 10.8. The van der Waals surface area contributed by atoms with Gasteiger partial charge in [-0.1, -0.05) is 36.4 Å². The van der Waals surface area contributed by atoms with Gasteiger partial charge in [-0.15, -0.1) is 11.3 Å². The van der Waals surface area contributed by atoms with Crippen LogP contribution >= 0.6 is 11.3 Å². The van der Waals surface area contributed by atoms with Crippen LogP contribution in [-0.4, -0.2) is 16.9 Å². The van der Waals surface area contributed by atoms with Crippen molar-refractivity contribution in [2.75, 3.05) is 16.0 Å². The molecule has 0 aliphatic carbocycles. The second-order valence-electron chi connectivity index (χ2n) is 6.37. The molecule has 7 heteroatoms. The van der Waals surface area contributed by atoms with E-state index in [1.165, 1.54) is 17.4 Å². The van der Waals surface area contributed by atoms with Gasteiger partial charge in [-0.3, -0.25) is 4.79 Å². The molecule has 0 saturated carbocycles. The monoisotopic (exact) mass is 414 g/mol. The average Bonchev–Trinajstić information content (AvgIpc) is 3.16. The van der Waals surface area contributed by atoms with Crippen molar-refractivity contribution in [3.05, 3.63) is 89.9 Å². The number of benzene rings is 3. The number of nitrogens with one attached hydrogen (secondary N) is 3. The van der Waals surface area contributed by atoms with Crippen LogP contribution in [0.3, 0.4) is 0 Å². The van der Waals surface area contributed by atoms with E-state index < -0.39 is 0 Å². The number of carbonyl (C=O) groups excluding carboxylic acids is 2. The molecule has 0 fully saturated rings. The Bertz CT molecular complexity index is 1190. The van der Waals surface area contributed by atoms with E-state index in [2.05, 4.69) is 20.9 Å². The third-order valence-electron chi connectivity index (χ3n) is 4.11. The molecule has 0 aliphatic rings. The molecule has 0 saturated heterocycles. The molecular formula is C23H18N4O2S. The fourth-order valence-electron chi connectivity index (χ4n) is 2.78. The van der Waals surface area contributed by atoms with Gasteiger partial charge in [0.05, 0.1) is 10.2 Å². The van der Waals surface area contributed by atoms with Gasteiger partial charge in [0.15, 0.2) is 0 Å². The van der Waals surface area contributed by atoms with Crippen LogP contribution in [-0.2, 0) is 4.79 Å². The lowest BCUT2D eigenvalue weighted by Crippen LogP contribution is -2.19. The van der Waals surface area contributed by atoms with Crippen molar-refractivity contribution in [2.45, 2.75) is 0 Å². The van der Waals surface area contributed by atoms with E-state index in [0.717, 1.165) is 15.2 Å². The van der Waals surface area contributed by atoms with Gasteiger partial charge in [0.25, 0.3) is 0 Å². The number of hydrogen-bond acceptors (Lipinski definition) is 4. The van der Waals surface area contributed by atoms with E-state index in [1.807, 2.05) is 42.5 Å². The lowest BCUT2D eigenvalue weighted by Gasteiger charge is -2.09. The first-order valence-electron chi connectivity index (χ1n) is 9.23. The number of fused-ring (bicyclic) bond motifs is 1. The minimum atomic E-state index is -0.361. The van der Waals surface area contributed by atoms with Gasteiger partial charge < -0.3 is 16.0 Å². The van der Waals surface area contributed by atoms with E-state index in [4.69, 9.17) is 0 Å². The lowest BCUT2D eigenvalue weighted by molar-refractivity contribution is -0.111. The molecule has 0 aliphatic heterocycles. The van der Waals surface area contributed by atoms with Crippen LogP contribution in [0.1, 0.15) is 5.01 Å². The molecule has 4 rings (SSSR count). The summed E-state index contributed by atoms with van der Waals surface area (Å²) in [5.74, 6) is -0.278. The largest absolute Gasteiger partial charge is 0.323 e. The second kappa shape index (κ2) is 9.02. The molecule has 1 heterocycles. The van der Waals surface area contributed by atoms with Crippen molar-refractivity contribution in [3.8, 4) is 0 Å². The Morgan fingerprint density at radius 2 is 1.43 bits per heavy atom. The van der Waals surface area contributed by atoms with Crippen molar-refractivity contribution in [1.82, 2.24) is 4.98 Å². The van der Waals surface area contributed by atoms with Crippen LogP contribution in [0.15, 0.2) is 84.9 Å². The van der Waals surface area contributed by atoms with Gasteiger partial charge in [-0.25, -0.2) is 9.78 Å². The molecule has 0 spiro atoms. The fourth-order valence-corrected chi connectivity index (χ4v) is 3.65. The van der Waals surface area contributed by atoms with Crippen molar-refractivity contribution >= 4 is 56.6 Å². The van der Waals surface area contributed by atoms with Crippen LogP contribution < -0.4 is 16.0 Å². The molecule has 3 aromatic carbocycles. The minimum absolute atomic E-state index is 0.278. The SMILES string of the molecule is O=C(/C=C/c1nc2ccccc2s1)Nc1cccc(NC(=O)Nc2ccccc2)c1. The van der Waals surface area contributed by atoms with E-state index in [1.54, 1.807) is 42.5 Å². The zero-order valence-corrected chi connectivity index (χ0v) is 16.6. The summed E-state index contributed by atoms with van der Waals surface area (Å²) in [5.41, 5.74) is 2.75. The number of rotatable bonds is 5. The third kappa shape index (κ3) is 5.09. The summed E-state index contributed by atoms with van der Waals surface area (Å²) >= 11 is 1.52. The van der Waals surface area contributed by atoms with E-state index in [9.17, 15) is 9.59 Å². The number of urea groups is 1. The number of hydrogen-bond donors (Lipinski definition) is 3. The number of aromatic nitrogens is 1. The fraction of sp³-hybridized carbons (Fsp3) is 0. The van der Waals surface area contributed by atoms with Gasteiger partial charge in [-0.05, 0) is 48.5 Å². The summed E-state index contributed by atoms with van der Waals surface area (Å²) in [7, 11) is 0. The first-order valence-corrected chi connectivity index (χ1v) is 10.1. The molecule has 30 heavy (non-hydrogen) atoms. The molecule has 4 aromatic rings. The summed E-state index contributed by atoms with van der Waals surface area (Å²) in [6, 6.07) is 23.6. The highest BCUT2D eigenvalue weighted by Crippen LogP contribution is 2.22. The van der Waals surface area contributed by atoms with Gasteiger partial charge in [-0.2, -0.15) is 0 Å². The zero-order valence-electron chi connectivity index (χ0n) is 15.8. The van der Waals surface area contributed by atoms with Crippen molar-refractivity contribution in [2.24, 2.45) is 0 Å². The molecule has 0 unspecified atom stereocenters. The molecule has 3 amide bonds. The Labute approximate surface area is 177 Å². The molecular weight excluding hydrogens is 396 g/mol. The zero-order chi connectivity index (χ0) is 20.8. The Balaban J connectivity index is 1.36. The smallest absolute Gasteiger partial charge is 0.322 e. The minimum Gasteiger partial charge on any atom is -0.322 e. The van der Waals surface area contributed by atoms with Crippen LogP contribution in [0.4, 0.5) is 21.9 Å². The predicted molar refractivity (Wildman–Crippen MR) is 123 cm³/mol. The Kier molecular flexibility index (Phi) is 5.82. The number of thiazole rings is 1. The summed E-state index contributed by atoms with van der Waals surface area (Å²) in [6.07, 6.45) is 3.13. The summed E-state index contributed by atoms with van der Waals surface area (Å²) in [6.45, 7) is 0.